The average Bonchev–Trinajstić information content (AvgIpc) is 3.05. The summed E-state index contributed by atoms with van der Waals surface area (Å²) in [5.74, 6) is -0.909. The van der Waals surface area contributed by atoms with Gasteiger partial charge in [0.15, 0.2) is 0 Å². The fourth-order valence-corrected chi connectivity index (χ4v) is 9.79. The van der Waals surface area contributed by atoms with E-state index < -0.39 is 24.1 Å². The van der Waals surface area contributed by atoms with Crippen LogP contribution in [0.5, 0.6) is 0 Å². The lowest BCUT2D eigenvalue weighted by Crippen LogP contribution is -2.65. The summed E-state index contributed by atoms with van der Waals surface area (Å²) in [5.41, 5.74) is 1.57. The van der Waals surface area contributed by atoms with Crippen LogP contribution in [-0.4, -0.2) is 45.6 Å². The third-order valence-electron chi connectivity index (χ3n) is 11.6. The Morgan fingerprint density at radius 3 is 2.30 bits per heavy atom. The molecule has 0 radical (unpaired) electrons. The molecule has 0 saturated heterocycles. The summed E-state index contributed by atoms with van der Waals surface area (Å²) < 4.78 is 5.87. The van der Waals surface area contributed by atoms with Gasteiger partial charge in [0, 0.05) is 12.5 Å². The maximum Gasteiger partial charge on any atom is 0.331 e. The molecule has 4 aliphatic carbocycles. The van der Waals surface area contributed by atoms with Crippen LogP contribution in [0.15, 0.2) is 22.8 Å². The number of carboxylic acids is 1. The smallest absolute Gasteiger partial charge is 0.331 e. The highest BCUT2D eigenvalue weighted by atomic mass is 16.5. The standard InChI is InChI=1S/C31H48O6/c1-17(2)9-8-10-20(28(35)36)26-22-15-24(34)27-29(5)13-12-23(33)18(3)21(29)11-14-30(27,6)31(22,7)16-25(26)37-19(4)32/h9,18,21-25,27,33-34H,8,10-16H2,1-7H3,(H,35,36)/b26-20-/t18-,21?,22?,23+,24?,25-,27?,29-,30-,31-/m0/s1. The van der Waals surface area contributed by atoms with Crippen molar-refractivity contribution in [1.29, 1.82) is 0 Å². The van der Waals surface area contributed by atoms with Gasteiger partial charge in [-0.25, -0.2) is 4.79 Å². The number of allylic oxidation sites excluding steroid dienone is 2. The van der Waals surface area contributed by atoms with Gasteiger partial charge in [0.2, 0.25) is 0 Å². The van der Waals surface area contributed by atoms with Gasteiger partial charge >= 0.3 is 11.9 Å². The third kappa shape index (κ3) is 4.40. The Bertz CT molecular complexity index is 994. The number of carbonyl (C=O) groups is 2. The molecule has 0 spiro atoms. The van der Waals surface area contributed by atoms with Crippen LogP contribution in [0, 0.1) is 39.9 Å². The largest absolute Gasteiger partial charge is 0.478 e. The summed E-state index contributed by atoms with van der Waals surface area (Å²) in [4.78, 5) is 24.8. The molecular weight excluding hydrogens is 468 g/mol. The second-order valence-corrected chi connectivity index (χ2v) is 13.6. The van der Waals surface area contributed by atoms with Crippen molar-refractivity contribution in [3.05, 3.63) is 22.8 Å². The van der Waals surface area contributed by atoms with E-state index in [9.17, 15) is 24.9 Å². The van der Waals surface area contributed by atoms with Crippen molar-refractivity contribution in [2.75, 3.05) is 0 Å². The van der Waals surface area contributed by atoms with E-state index in [1.807, 2.05) is 19.9 Å². The molecule has 0 bridgehead atoms. The number of aliphatic carboxylic acids is 1. The summed E-state index contributed by atoms with van der Waals surface area (Å²) in [5, 5.41) is 32.9. The summed E-state index contributed by atoms with van der Waals surface area (Å²) in [6.45, 7) is 14.5. The van der Waals surface area contributed by atoms with Crippen molar-refractivity contribution in [3.8, 4) is 0 Å². The zero-order valence-corrected chi connectivity index (χ0v) is 23.8. The van der Waals surface area contributed by atoms with Gasteiger partial charge in [-0.05, 0) is 111 Å². The van der Waals surface area contributed by atoms with Crippen LogP contribution >= 0.6 is 0 Å². The van der Waals surface area contributed by atoms with Crippen LogP contribution in [0.25, 0.3) is 0 Å². The molecular formula is C31H48O6. The second kappa shape index (κ2) is 9.82. The topological polar surface area (TPSA) is 104 Å². The van der Waals surface area contributed by atoms with Crippen molar-refractivity contribution in [3.63, 3.8) is 0 Å². The molecule has 6 heteroatoms. The molecule has 37 heavy (non-hydrogen) atoms. The van der Waals surface area contributed by atoms with E-state index in [-0.39, 0.29) is 40.1 Å². The lowest BCUT2D eigenvalue weighted by molar-refractivity contribution is -0.234. The molecule has 10 atom stereocenters. The van der Waals surface area contributed by atoms with Crippen molar-refractivity contribution >= 4 is 11.9 Å². The van der Waals surface area contributed by atoms with Gasteiger partial charge in [-0.3, -0.25) is 4.79 Å². The first kappa shape index (κ1) is 28.4. The molecule has 0 aromatic heterocycles. The minimum Gasteiger partial charge on any atom is -0.478 e. The summed E-state index contributed by atoms with van der Waals surface area (Å²) >= 11 is 0. The SMILES string of the molecule is CC(=O)O[C@H]1C[C@@]2(C)C(CC(O)C3[C@@]4(C)CC[C@@H](O)[C@@H](C)C4CC[C@@]32C)/C1=C(\CCC=C(C)C)C(=O)O. The normalized spacial score (nSPS) is 46.2. The maximum absolute atomic E-state index is 12.6. The van der Waals surface area contributed by atoms with Gasteiger partial charge in [0.1, 0.15) is 6.10 Å². The molecule has 0 aromatic carbocycles. The molecule has 4 unspecified atom stereocenters. The average molecular weight is 517 g/mol. The number of carbonyl (C=O) groups excluding carboxylic acids is 1. The van der Waals surface area contributed by atoms with E-state index in [0.29, 0.717) is 37.2 Å². The van der Waals surface area contributed by atoms with Crippen molar-refractivity contribution < 1.29 is 29.6 Å². The zero-order valence-electron chi connectivity index (χ0n) is 23.8. The quantitative estimate of drug-likeness (QED) is 0.247. The fraction of sp³-hybridized carbons (Fsp3) is 0.806. The van der Waals surface area contributed by atoms with E-state index >= 15 is 0 Å². The Labute approximate surface area is 222 Å². The van der Waals surface area contributed by atoms with E-state index in [1.165, 1.54) is 6.92 Å². The molecule has 6 nitrogen and oxygen atoms in total. The minimum atomic E-state index is -0.953. The van der Waals surface area contributed by atoms with Crippen molar-refractivity contribution in [2.24, 2.45) is 39.9 Å². The van der Waals surface area contributed by atoms with Crippen LogP contribution < -0.4 is 0 Å². The molecule has 208 valence electrons. The predicted octanol–water partition coefficient (Wildman–Crippen LogP) is 5.67. The Kier molecular flexibility index (Phi) is 7.53. The Hall–Kier alpha value is -1.66. The molecule has 4 fully saturated rings. The van der Waals surface area contributed by atoms with Crippen LogP contribution in [0.1, 0.15) is 99.8 Å². The highest BCUT2D eigenvalue weighted by Gasteiger charge is 2.70. The first-order valence-electron chi connectivity index (χ1n) is 14.3. The van der Waals surface area contributed by atoms with Crippen molar-refractivity contribution in [2.45, 2.75) is 118 Å². The number of aliphatic hydroxyl groups excluding tert-OH is 2. The number of hydrogen-bond acceptors (Lipinski definition) is 5. The summed E-state index contributed by atoms with van der Waals surface area (Å²) in [7, 11) is 0. The maximum atomic E-state index is 12.6. The molecule has 0 aliphatic heterocycles. The van der Waals surface area contributed by atoms with Crippen LogP contribution in [-0.2, 0) is 14.3 Å². The number of carboxylic acid groups (broad SMARTS) is 1. The molecule has 0 heterocycles. The second-order valence-electron chi connectivity index (χ2n) is 13.6. The first-order chi connectivity index (χ1) is 17.2. The van der Waals surface area contributed by atoms with Crippen LogP contribution in [0.2, 0.25) is 0 Å². The monoisotopic (exact) mass is 516 g/mol. The van der Waals surface area contributed by atoms with E-state index in [1.54, 1.807) is 0 Å². The number of aliphatic hydroxyl groups is 2. The highest BCUT2D eigenvalue weighted by molar-refractivity contribution is 5.88. The van der Waals surface area contributed by atoms with Gasteiger partial charge in [-0.2, -0.15) is 0 Å². The van der Waals surface area contributed by atoms with E-state index in [0.717, 1.165) is 36.8 Å². The molecule has 4 saturated carbocycles. The molecule has 0 amide bonds. The molecule has 4 rings (SSSR count). The molecule has 0 aromatic rings. The summed E-state index contributed by atoms with van der Waals surface area (Å²) in [6.07, 6.45) is 6.22. The van der Waals surface area contributed by atoms with Crippen LogP contribution in [0.4, 0.5) is 0 Å². The Morgan fingerprint density at radius 2 is 1.70 bits per heavy atom. The number of ether oxygens (including phenoxy) is 1. The van der Waals surface area contributed by atoms with E-state index in [4.69, 9.17) is 4.74 Å². The first-order valence-corrected chi connectivity index (χ1v) is 14.3. The third-order valence-corrected chi connectivity index (χ3v) is 11.6. The predicted molar refractivity (Wildman–Crippen MR) is 143 cm³/mol. The Morgan fingerprint density at radius 1 is 1.03 bits per heavy atom. The number of esters is 1. The number of fused-ring (bicyclic) bond motifs is 5. The fourth-order valence-electron chi connectivity index (χ4n) is 9.79. The van der Waals surface area contributed by atoms with Gasteiger partial charge in [-0.15, -0.1) is 0 Å². The van der Waals surface area contributed by atoms with Crippen molar-refractivity contribution in [1.82, 2.24) is 0 Å². The number of hydrogen-bond donors (Lipinski definition) is 3. The van der Waals surface area contributed by atoms with Gasteiger partial charge in [0.05, 0.1) is 12.2 Å². The summed E-state index contributed by atoms with van der Waals surface area (Å²) in [6, 6.07) is 0. The van der Waals surface area contributed by atoms with Gasteiger partial charge < -0.3 is 20.1 Å². The minimum absolute atomic E-state index is 0.0474. The molecule has 4 aliphatic rings. The van der Waals surface area contributed by atoms with Gasteiger partial charge in [0.25, 0.3) is 0 Å². The molecule has 3 N–H and O–H groups in total. The van der Waals surface area contributed by atoms with E-state index in [2.05, 4.69) is 27.7 Å². The lowest BCUT2D eigenvalue weighted by Gasteiger charge is -2.69. The Balaban J connectivity index is 1.82. The van der Waals surface area contributed by atoms with Gasteiger partial charge in [-0.1, -0.05) is 39.3 Å². The number of rotatable bonds is 5. The van der Waals surface area contributed by atoms with Crippen LogP contribution in [0.3, 0.4) is 0 Å². The highest BCUT2D eigenvalue weighted by Crippen LogP contribution is 2.74. The zero-order chi connectivity index (χ0) is 27.5. The lowest BCUT2D eigenvalue weighted by atomic mass is 9.36.